The van der Waals surface area contributed by atoms with Crippen LogP contribution in [0.1, 0.15) is 96.8 Å². The van der Waals surface area contributed by atoms with Crippen molar-refractivity contribution in [1.82, 2.24) is 0 Å². The Kier molecular flexibility index (Phi) is 14.9. The van der Waals surface area contributed by atoms with Crippen molar-refractivity contribution in [2.75, 3.05) is 0 Å². The summed E-state index contributed by atoms with van der Waals surface area (Å²) in [6, 6.07) is 0. The summed E-state index contributed by atoms with van der Waals surface area (Å²) in [4.78, 5) is 10.3. The second-order valence-corrected chi connectivity index (χ2v) is 6.39. The molecule has 22 heavy (non-hydrogen) atoms. The van der Waals surface area contributed by atoms with Crippen molar-refractivity contribution in [1.29, 1.82) is 0 Å². The van der Waals surface area contributed by atoms with E-state index in [9.17, 15) is 15.0 Å². The number of aliphatic carboxylic acids is 1. The molecule has 0 aromatic rings. The van der Waals surface area contributed by atoms with Crippen LogP contribution in [0.2, 0.25) is 0 Å². The number of carboxylic acids is 1. The fourth-order valence-electron chi connectivity index (χ4n) is 2.68. The van der Waals surface area contributed by atoms with Gasteiger partial charge < -0.3 is 15.3 Å². The lowest BCUT2D eigenvalue weighted by Gasteiger charge is -2.17. The maximum absolute atomic E-state index is 10.3. The smallest absolute Gasteiger partial charge is 0.303 e. The van der Waals surface area contributed by atoms with Gasteiger partial charge in [-0.25, -0.2) is 0 Å². The number of rotatable bonds is 16. The number of hydrogen-bond acceptors (Lipinski definition) is 3. The molecule has 0 saturated heterocycles. The number of unbranched alkanes of at least 4 members (excludes halogenated alkanes) is 9. The van der Waals surface area contributed by atoms with E-state index in [1.54, 1.807) is 0 Å². The van der Waals surface area contributed by atoms with Crippen LogP contribution in [0.5, 0.6) is 0 Å². The first-order valence-corrected chi connectivity index (χ1v) is 9.15. The zero-order valence-corrected chi connectivity index (χ0v) is 14.3. The maximum Gasteiger partial charge on any atom is 0.303 e. The zero-order valence-electron chi connectivity index (χ0n) is 14.3. The van der Waals surface area contributed by atoms with E-state index in [2.05, 4.69) is 6.92 Å². The van der Waals surface area contributed by atoms with E-state index in [0.717, 1.165) is 57.8 Å². The Morgan fingerprint density at radius 1 is 0.727 bits per heavy atom. The minimum Gasteiger partial charge on any atom is -0.481 e. The third-order valence-electron chi connectivity index (χ3n) is 4.19. The van der Waals surface area contributed by atoms with Crippen LogP contribution in [0.3, 0.4) is 0 Å². The molecular formula is C18H36O4. The summed E-state index contributed by atoms with van der Waals surface area (Å²) < 4.78 is 0. The highest BCUT2D eigenvalue weighted by molar-refractivity contribution is 5.66. The third kappa shape index (κ3) is 14.3. The van der Waals surface area contributed by atoms with Gasteiger partial charge in [0.2, 0.25) is 0 Å². The topological polar surface area (TPSA) is 77.8 Å². The first-order valence-electron chi connectivity index (χ1n) is 9.15. The van der Waals surface area contributed by atoms with Crippen molar-refractivity contribution in [2.24, 2.45) is 0 Å². The van der Waals surface area contributed by atoms with Gasteiger partial charge in [-0.1, -0.05) is 71.1 Å². The van der Waals surface area contributed by atoms with Crippen molar-refractivity contribution >= 4 is 5.97 Å². The lowest BCUT2D eigenvalue weighted by molar-refractivity contribution is -0.137. The van der Waals surface area contributed by atoms with E-state index in [1.807, 2.05) is 0 Å². The van der Waals surface area contributed by atoms with Crippen LogP contribution >= 0.6 is 0 Å². The number of aliphatic hydroxyl groups is 2. The van der Waals surface area contributed by atoms with Gasteiger partial charge in [-0.3, -0.25) is 4.79 Å². The molecule has 0 radical (unpaired) electrons. The van der Waals surface area contributed by atoms with Gasteiger partial charge in [0, 0.05) is 6.42 Å². The summed E-state index contributed by atoms with van der Waals surface area (Å²) >= 11 is 0. The molecule has 0 aromatic carbocycles. The maximum atomic E-state index is 10.3. The molecule has 0 amide bonds. The van der Waals surface area contributed by atoms with Gasteiger partial charge in [-0.15, -0.1) is 0 Å². The van der Waals surface area contributed by atoms with Crippen LogP contribution in [-0.2, 0) is 4.79 Å². The zero-order chi connectivity index (χ0) is 16.6. The summed E-state index contributed by atoms with van der Waals surface area (Å²) in [7, 11) is 0. The molecule has 0 aliphatic rings. The fourth-order valence-corrected chi connectivity index (χ4v) is 2.68. The van der Waals surface area contributed by atoms with E-state index in [4.69, 9.17) is 5.11 Å². The molecule has 2 unspecified atom stereocenters. The monoisotopic (exact) mass is 316 g/mol. The summed E-state index contributed by atoms with van der Waals surface area (Å²) in [6.07, 6.45) is 12.3. The molecule has 0 fully saturated rings. The van der Waals surface area contributed by atoms with Crippen LogP contribution in [0.4, 0.5) is 0 Å². The van der Waals surface area contributed by atoms with Crippen molar-refractivity contribution in [2.45, 2.75) is 109 Å². The lowest BCUT2D eigenvalue weighted by Crippen LogP contribution is -2.25. The first-order chi connectivity index (χ1) is 10.6. The second kappa shape index (κ2) is 15.3. The number of carbonyl (C=O) groups is 1. The van der Waals surface area contributed by atoms with E-state index < -0.39 is 18.2 Å². The van der Waals surface area contributed by atoms with Crippen molar-refractivity contribution < 1.29 is 20.1 Å². The highest BCUT2D eigenvalue weighted by Crippen LogP contribution is 2.14. The van der Waals surface area contributed by atoms with E-state index in [-0.39, 0.29) is 6.42 Å². The molecule has 0 aromatic heterocycles. The van der Waals surface area contributed by atoms with Crippen molar-refractivity contribution in [3.05, 3.63) is 0 Å². The van der Waals surface area contributed by atoms with Gasteiger partial charge in [0.15, 0.2) is 0 Å². The van der Waals surface area contributed by atoms with Gasteiger partial charge in [0.25, 0.3) is 0 Å². The highest BCUT2D eigenvalue weighted by Gasteiger charge is 2.14. The average Bonchev–Trinajstić information content (AvgIpc) is 2.49. The molecule has 4 nitrogen and oxygen atoms in total. The summed E-state index contributed by atoms with van der Waals surface area (Å²) in [6.45, 7) is 2.16. The average molecular weight is 316 g/mol. The summed E-state index contributed by atoms with van der Waals surface area (Å²) in [5.41, 5.74) is 0. The van der Waals surface area contributed by atoms with E-state index in [1.165, 1.54) is 12.8 Å². The molecule has 0 bridgehead atoms. The Morgan fingerprint density at radius 2 is 1.14 bits per heavy atom. The Balaban J connectivity index is 3.33. The van der Waals surface area contributed by atoms with Gasteiger partial charge in [-0.05, 0) is 19.3 Å². The minimum atomic E-state index is -0.706. The normalized spacial score (nSPS) is 14.0. The number of aliphatic hydroxyl groups excluding tert-OH is 2. The molecule has 0 spiro atoms. The molecule has 2 atom stereocenters. The number of carboxylic acid groups (broad SMARTS) is 1. The Bertz CT molecular complexity index is 255. The largest absolute Gasteiger partial charge is 0.481 e. The molecule has 3 N–H and O–H groups in total. The van der Waals surface area contributed by atoms with E-state index >= 15 is 0 Å². The third-order valence-corrected chi connectivity index (χ3v) is 4.19. The molecule has 0 aliphatic heterocycles. The predicted octanol–water partition coefficient (Wildman–Crippen LogP) is 4.27. The predicted molar refractivity (Wildman–Crippen MR) is 90.0 cm³/mol. The molecule has 0 rings (SSSR count). The molecular weight excluding hydrogens is 280 g/mol. The Morgan fingerprint density at radius 3 is 1.59 bits per heavy atom. The molecule has 4 heteroatoms. The molecule has 0 saturated carbocycles. The SMILES string of the molecule is CCCCCCC(O)C(O)CCCCCCCCCC(=O)O. The van der Waals surface area contributed by atoms with Gasteiger partial charge in [0.1, 0.15) is 0 Å². The van der Waals surface area contributed by atoms with E-state index in [0.29, 0.717) is 12.8 Å². The Hall–Kier alpha value is -0.610. The van der Waals surface area contributed by atoms with Crippen LogP contribution < -0.4 is 0 Å². The summed E-state index contributed by atoms with van der Waals surface area (Å²) in [5, 5.41) is 28.3. The van der Waals surface area contributed by atoms with Crippen LogP contribution in [0.25, 0.3) is 0 Å². The van der Waals surface area contributed by atoms with Crippen molar-refractivity contribution in [3.63, 3.8) is 0 Å². The lowest BCUT2D eigenvalue weighted by atomic mass is 10.00. The molecule has 0 heterocycles. The minimum absolute atomic E-state index is 0.280. The molecule has 132 valence electrons. The second-order valence-electron chi connectivity index (χ2n) is 6.39. The quantitative estimate of drug-likeness (QED) is 0.371. The van der Waals surface area contributed by atoms with Crippen molar-refractivity contribution in [3.8, 4) is 0 Å². The van der Waals surface area contributed by atoms with Gasteiger partial charge >= 0.3 is 5.97 Å². The van der Waals surface area contributed by atoms with Crippen LogP contribution in [0, 0.1) is 0 Å². The highest BCUT2D eigenvalue weighted by atomic mass is 16.4. The van der Waals surface area contributed by atoms with Gasteiger partial charge in [-0.2, -0.15) is 0 Å². The Labute approximate surface area is 135 Å². The van der Waals surface area contributed by atoms with Crippen LogP contribution in [-0.4, -0.2) is 33.5 Å². The first kappa shape index (κ1) is 21.4. The standard InChI is InChI=1S/C18H36O4/c1-2-3-4-10-13-16(19)17(20)14-11-8-6-5-7-9-12-15-18(21)22/h16-17,19-20H,2-15H2,1H3,(H,21,22). The number of hydrogen-bond donors (Lipinski definition) is 3. The molecule has 0 aliphatic carbocycles. The van der Waals surface area contributed by atoms with Crippen LogP contribution in [0.15, 0.2) is 0 Å². The fraction of sp³-hybridized carbons (Fsp3) is 0.944. The van der Waals surface area contributed by atoms with Gasteiger partial charge in [0.05, 0.1) is 12.2 Å². The summed E-state index contributed by atoms with van der Waals surface area (Å²) in [5.74, 6) is -0.706.